The lowest BCUT2D eigenvalue weighted by Gasteiger charge is -2.21. The predicted molar refractivity (Wildman–Crippen MR) is 61.4 cm³/mol. The van der Waals surface area contributed by atoms with Crippen LogP contribution in [0, 0.1) is 0 Å². The Labute approximate surface area is 90.3 Å². The van der Waals surface area contributed by atoms with E-state index >= 15 is 0 Å². The van der Waals surface area contributed by atoms with Gasteiger partial charge in [-0.3, -0.25) is 4.79 Å². The second-order valence-corrected chi connectivity index (χ2v) is 3.74. The van der Waals surface area contributed by atoms with Gasteiger partial charge in [-0.25, -0.2) is 0 Å². The number of aliphatic hydroxyl groups is 1. The van der Waals surface area contributed by atoms with Crippen LogP contribution >= 0.6 is 0 Å². The fourth-order valence-corrected chi connectivity index (χ4v) is 1.44. The lowest BCUT2D eigenvalue weighted by molar-refractivity contribution is 0.112. The van der Waals surface area contributed by atoms with E-state index in [1.165, 1.54) is 0 Å². The van der Waals surface area contributed by atoms with E-state index in [0.717, 1.165) is 18.5 Å². The molecule has 1 rings (SSSR count). The molecular weight excluding hydrogens is 190 g/mol. The maximum Gasteiger partial charge on any atom is 0.152 e. The molecule has 1 aromatic carbocycles. The van der Waals surface area contributed by atoms with Crippen LogP contribution in [0.25, 0.3) is 0 Å². The van der Waals surface area contributed by atoms with E-state index < -0.39 is 0 Å². The number of hydrogen-bond acceptors (Lipinski definition) is 3. The highest BCUT2D eigenvalue weighted by Gasteiger charge is 2.06. The molecule has 1 N–H and O–H groups in total. The molecular formula is C12H17NO2. The van der Waals surface area contributed by atoms with Crippen LogP contribution in [0.5, 0.6) is 0 Å². The number of nitrogens with zero attached hydrogens (tertiary/aromatic N) is 1. The van der Waals surface area contributed by atoms with Gasteiger partial charge in [0.1, 0.15) is 0 Å². The molecule has 3 heteroatoms. The minimum Gasteiger partial charge on any atom is -0.393 e. The van der Waals surface area contributed by atoms with E-state index in [-0.39, 0.29) is 6.10 Å². The molecule has 0 aliphatic carbocycles. The highest BCUT2D eigenvalue weighted by molar-refractivity contribution is 5.84. The topological polar surface area (TPSA) is 40.5 Å². The smallest absolute Gasteiger partial charge is 0.152 e. The van der Waals surface area contributed by atoms with Crippen LogP contribution in [0.2, 0.25) is 0 Å². The zero-order valence-electron chi connectivity index (χ0n) is 9.18. The van der Waals surface area contributed by atoms with E-state index in [9.17, 15) is 9.90 Å². The van der Waals surface area contributed by atoms with Crippen molar-refractivity contribution in [2.75, 3.05) is 18.5 Å². The molecule has 0 radical (unpaired) electrons. The molecule has 3 nitrogen and oxygen atoms in total. The van der Waals surface area contributed by atoms with Crippen LogP contribution in [0.4, 0.5) is 5.69 Å². The van der Waals surface area contributed by atoms with Crippen LogP contribution in [-0.4, -0.2) is 31.1 Å². The highest BCUT2D eigenvalue weighted by Crippen LogP contribution is 2.17. The third-order valence-electron chi connectivity index (χ3n) is 2.36. The summed E-state index contributed by atoms with van der Waals surface area (Å²) in [5.41, 5.74) is 1.60. The zero-order chi connectivity index (χ0) is 11.3. The van der Waals surface area contributed by atoms with Gasteiger partial charge in [-0.2, -0.15) is 0 Å². The summed E-state index contributed by atoms with van der Waals surface area (Å²) in [5.74, 6) is 0. The fraction of sp³-hybridized carbons (Fsp3) is 0.417. The van der Waals surface area contributed by atoms with Crippen molar-refractivity contribution >= 4 is 12.0 Å². The van der Waals surface area contributed by atoms with Crippen molar-refractivity contribution in [3.63, 3.8) is 0 Å². The van der Waals surface area contributed by atoms with Gasteiger partial charge in [-0.05, 0) is 25.5 Å². The lowest BCUT2D eigenvalue weighted by Crippen LogP contribution is -2.22. The Morgan fingerprint density at radius 1 is 1.47 bits per heavy atom. The molecule has 0 bridgehead atoms. The van der Waals surface area contributed by atoms with Gasteiger partial charge < -0.3 is 10.0 Å². The molecule has 1 atom stereocenters. The normalized spacial score (nSPS) is 12.2. The second kappa shape index (κ2) is 5.51. The minimum atomic E-state index is -0.309. The first-order valence-electron chi connectivity index (χ1n) is 5.08. The van der Waals surface area contributed by atoms with Gasteiger partial charge in [-0.1, -0.05) is 12.1 Å². The van der Waals surface area contributed by atoms with Crippen LogP contribution in [0.15, 0.2) is 24.3 Å². The highest BCUT2D eigenvalue weighted by atomic mass is 16.3. The van der Waals surface area contributed by atoms with Crippen molar-refractivity contribution in [2.24, 2.45) is 0 Å². The quantitative estimate of drug-likeness (QED) is 0.747. The molecule has 82 valence electrons. The van der Waals surface area contributed by atoms with Gasteiger partial charge in [-0.15, -0.1) is 0 Å². The maximum atomic E-state index is 10.8. The molecule has 0 saturated heterocycles. The molecule has 0 amide bonds. The average Bonchev–Trinajstić information content (AvgIpc) is 2.25. The van der Waals surface area contributed by atoms with Crippen molar-refractivity contribution in [1.82, 2.24) is 0 Å². The van der Waals surface area contributed by atoms with Crippen LogP contribution in [0.1, 0.15) is 23.7 Å². The molecule has 15 heavy (non-hydrogen) atoms. The molecule has 0 saturated carbocycles. The van der Waals surface area contributed by atoms with Crippen LogP contribution in [-0.2, 0) is 0 Å². The largest absolute Gasteiger partial charge is 0.393 e. The number of carbonyl (C=O) groups is 1. The molecule has 0 aliphatic rings. The Morgan fingerprint density at radius 3 is 2.73 bits per heavy atom. The monoisotopic (exact) mass is 207 g/mol. The summed E-state index contributed by atoms with van der Waals surface area (Å²) in [5, 5.41) is 9.18. The summed E-state index contributed by atoms with van der Waals surface area (Å²) >= 11 is 0. The van der Waals surface area contributed by atoms with E-state index in [1.54, 1.807) is 13.0 Å². The Hall–Kier alpha value is -1.35. The predicted octanol–water partition coefficient (Wildman–Crippen LogP) is 1.71. The van der Waals surface area contributed by atoms with Gasteiger partial charge in [0.15, 0.2) is 6.29 Å². The third kappa shape index (κ3) is 3.36. The zero-order valence-corrected chi connectivity index (χ0v) is 9.18. The van der Waals surface area contributed by atoms with E-state index in [0.29, 0.717) is 12.0 Å². The molecule has 0 fully saturated rings. The summed E-state index contributed by atoms with van der Waals surface area (Å²) in [6.45, 7) is 2.50. The number of anilines is 1. The first-order chi connectivity index (χ1) is 7.15. The van der Waals surface area contributed by atoms with Crippen molar-refractivity contribution in [1.29, 1.82) is 0 Å². The van der Waals surface area contributed by atoms with Gasteiger partial charge in [0.25, 0.3) is 0 Å². The number of hydrogen-bond donors (Lipinski definition) is 1. The van der Waals surface area contributed by atoms with Gasteiger partial charge in [0.05, 0.1) is 6.10 Å². The van der Waals surface area contributed by atoms with E-state index in [1.807, 2.05) is 30.1 Å². The van der Waals surface area contributed by atoms with Crippen molar-refractivity contribution < 1.29 is 9.90 Å². The summed E-state index contributed by atoms with van der Waals surface area (Å²) in [6, 6.07) is 7.45. The Bertz CT molecular complexity index is 323. The number of para-hydroxylation sites is 1. The van der Waals surface area contributed by atoms with Gasteiger partial charge >= 0.3 is 0 Å². The molecule has 0 spiro atoms. The summed E-state index contributed by atoms with van der Waals surface area (Å²) in [6.07, 6.45) is 1.24. The lowest BCUT2D eigenvalue weighted by atomic mass is 10.1. The first kappa shape index (κ1) is 11.7. The SMILES string of the molecule is CC(O)CCN(C)c1ccccc1C=O. The summed E-state index contributed by atoms with van der Waals surface area (Å²) in [7, 11) is 1.92. The van der Waals surface area contributed by atoms with Crippen molar-refractivity contribution in [2.45, 2.75) is 19.4 Å². The Morgan fingerprint density at radius 2 is 2.13 bits per heavy atom. The van der Waals surface area contributed by atoms with Gasteiger partial charge in [0.2, 0.25) is 0 Å². The Kier molecular flexibility index (Phi) is 4.31. The summed E-state index contributed by atoms with van der Waals surface area (Å²) in [4.78, 5) is 12.8. The first-order valence-corrected chi connectivity index (χ1v) is 5.08. The second-order valence-electron chi connectivity index (χ2n) is 3.74. The van der Waals surface area contributed by atoms with Crippen LogP contribution in [0.3, 0.4) is 0 Å². The van der Waals surface area contributed by atoms with Crippen LogP contribution < -0.4 is 4.90 Å². The number of benzene rings is 1. The van der Waals surface area contributed by atoms with Crippen molar-refractivity contribution in [3.8, 4) is 0 Å². The number of carbonyl (C=O) groups excluding carboxylic acids is 1. The molecule has 0 aliphatic heterocycles. The molecule has 1 unspecified atom stereocenters. The summed E-state index contributed by atoms with van der Waals surface area (Å²) < 4.78 is 0. The Balaban J connectivity index is 2.72. The fourth-order valence-electron chi connectivity index (χ4n) is 1.44. The number of rotatable bonds is 5. The van der Waals surface area contributed by atoms with Gasteiger partial charge in [0, 0.05) is 24.8 Å². The molecule has 0 heterocycles. The number of aldehydes is 1. The third-order valence-corrected chi connectivity index (χ3v) is 2.36. The standard InChI is InChI=1S/C12H17NO2/c1-10(15)7-8-13(2)12-6-4-3-5-11(12)9-14/h3-6,9-10,15H,7-8H2,1-2H3. The maximum absolute atomic E-state index is 10.8. The number of aliphatic hydroxyl groups excluding tert-OH is 1. The molecule has 1 aromatic rings. The van der Waals surface area contributed by atoms with E-state index in [4.69, 9.17) is 0 Å². The minimum absolute atomic E-state index is 0.309. The van der Waals surface area contributed by atoms with Crippen molar-refractivity contribution in [3.05, 3.63) is 29.8 Å². The van der Waals surface area contributed by atoms with E-state index in [2.05, 4.69) is 0 Å². The molecule has 0 aromatic heterocycles. The average molecular weight is 207 g/mol.